The van der Waals surface area contributed by atoms with Gasteiger partial charge in [-0.05, 0) is 67.6 Å². The van der Waals surface area contributed by atoms with Crippen molar-refractivity contribution in [1.29, 1.82) is 0 Å². The van der Waals surface area contributed by atoms with Crippen LogP contribution in [0.1, 0.15) is 45.8 Å². The first-order valence-corrected chi connectivity index (χ1v) is 17.7. The molecule has 0 radical (unpaired) electrons. The molecule has 0 spiro atoms. The molecule has 3 fully saturated rings. The summed E-state index contributed by atoms with van der Waals surface area (Å²) >= 11 is 0. The van der Waals surface area contributed by atoms with E-state index in [-0.39, 0.29) is 37.3 Å². The van der Waals surface area contributed by atoms with E-state index >= 15 is 4.79 Å². The number of aryl methyl sites for hydroxylation is 1. The molecule has 2 aliphatic carbocycles. The molecule has 3 N–H and O–H groups in total. The van der Waals surface area contributed by atoms with Crippen LogP contribution in [0.4, 0.5) is 11.4 Å². The van der Waals surface area contributed by atoms with E-state index in [9.17, 15) is 29.4 Å². The zero-order valence-corrected chi connectivity index (χ0v) is 28.8. The van der Waals surface area contributed by atoms with E-state index in [1.807, 2.05) is 67.6 Å². The second kappa shape index (κ2) is 13.2. The number of allylic oxidation sites excluding steroid dienone is 2. The van der Waals surface area contributed by atoms with Gasteiger partial charge in [0.1, 0.15) is 12.4 Å². The Kier molecular flexibility index (Phi) is 8.45. The van der Waals surface area contributed by atoms with E-state index in [4.69, 9.17) is 4.74 Å². The third-order valence-corrected chi connectivity index (χ3v) is 11.3. The molecular formula is C42H37N3O8. The molecule has 4 aromatic carbocycles. The summed E-state index contributed by atoms with van der Waals surface area (Å²) < 4.78 is 6.09. The van der Waals surface area contributed by atoms with Crippen LogP contribution in [0.3, 0.4) is 0 Å². The van der Waals surface area contributed by atoms with E-state index in [0.29, 0.717) is 22.6 Å². The number of aliphatic hydroxyl groups is 1. The van der Waals surface area contributed by atoms with Crippen LogP contribution in [0.2, 0.25) is 0 Å². The molecule has 4 aromatic rings. The van der Waals surface area contributed by atoms with Crippen LogP contribution < -0.4 is 15.1 Å². The smallest absolute Gasteiger partial charge is 0.335 e. The second-order valence-electron chi connectivity index (χ2n) is 14.1. The van der Waals surface area contributed by atoms with Crippen molar-refractivity contribution in [1.82, 2.24) is 5.01 Å². The van der Waals surface area contributed by atoms with Gasteiger partial charge in [0.05, 0.1) is 46.7 Å². The van der Waals surface area contributed by atoms with Crippen LogP contribution >= 0.6 is 0 Å². The average molecular weight is 712 g/mol. The lowest BCUT2D eigenvalue weighted by molar-refractivity contribution is -0.138. The number of nitrogens with zero attached hydrogens (tertiary/aromatic N) is 2. The van der Waals surface area contributed by atoms with Crippen molar-refractivity contribution >= 4 is 41.0 Å². The van der Waals surface area contributed by atoms with Crippen molar-refractivity contribution < 1.29 is 38.9 Å². The Bertz CT molecular complexity index is 2180. The molecule has 0 aromatic heterocycles. The number of nitrogens with one attached hydrogen (secondary N) is 1. The van der Waals surface area contributed by atoms with Crippen molar-refractivity contribution in [3.8, 4) is 5.75 Å². The Hall–Kier alpha value is -6.07. The first kappa shape index (κ1) is 34.0. The standard InChI is InChI=1S/C42H37N3O8/c1-24-14-16-27(17-15-24)43-45-38(48)33-23-32-29(18-19-31-35(32)39(49)44(37(31)47)28-11-7-8-25(22-28)40(50)51)36(30-12-5-6-13-34(30)53-21-20-46)42(33,41(45)52)26-9-3-2-4-10-26/h2-18,22,31-33,35-36,43,46H,19-21,23H2,1H3,(H,50,51). The maximum absolute atomic E-state index is 15.4. The second-order valence-corrected chi connectivity index (χ2v) is 14.1. The van der Waals surface area contributed by atoms with Crippen molar-refractivity contribution in [2.75, 3.05) is 23.5 Å². The third kappa shape index (κ3) is 5.25. The minimum atomic E-state index is -1.48. The number of hydrazine groups is 1. The predicted molar refractivity (Wildman–Crippen MR) is 194 cm³/mol. The number of carboxylic acids is 1. The van der Waals surface area contributed by atoms with Gasteiger partial charge in [-0.25, -0.2) is 4.79 Å². The molecule has 11 heteroatoms. The number of carbonyl (C=O) groups is 5. The SMILES string of the molecule is Cc1ccc(NN2C(=O)C3CC4C(=CCC5C(=O)N(c6cccc(C(=O)O)c6)C(=O)C54)C(c4ccccc4OCCO)C3(c3ccccc3)C2=O)cc1. The number of amides is 4. The summed E-state index contributed by atoms with van der Waals surface area (Å²) in [5.41, 5.74) is 5.29. The van der Waals surface area contributed by atoms with Crippen LogP contribution in [0.15, 0.2) is 115 Å². The summed E-state index contributed by atoms with van der Waals surface area (Å²) in [6.07, 6.45) is 2.27. The van der Waals surface area contributed by atoms with Gasteiger partial charge in [-0.2, -0.15) is 5.01 Å². The highest BCUT2D eigenvalue weighted by molar-refractivity contribution is 6.23. The van der Waals surface area contributed by atoms with Gasteiger partial charge in [0.25, 0.3) is 11.8 Å². The van der Waals surface area contributed by atoms with Gasteiger partial charge < -0.3 is 14.9 Å². The fourth-order valence-electron chi connectivity index (χ4n) is 9.13. The van der Waals surface area contributed by atoms with Gasteiger partial charge in [0, 0.05) is 11.5 Å². The summed E-state index contributed by atoms with van der Waals surface area (Å²) in [4.78, 5) is 71.8. The zero-order valence-electron chi connectivity index (χ0n) is 28.8. The monoisotopic (exact) mass is 711 g/mol. The molecule has 6 unspecified atom stereocenters. The van der Waals surface area contributed by atoms with Crippen molar-refractivity contribution in [3.05, 3.63) is 137 Å². The van der Waals surface area contributed by atoms with E-state index in [2.05, 4.69) is 5.43 Å². The lowest BCUT2D eigenvalue weighted by Gasteiger charge is -2.50. The van der Waals surface area contributed by atoms with E-state index in [0.717, 1.165) is 21.0 Å². The topological polar surface area (TPSA) is 154 Å². The summed E-state index contributed by atoms with van der Waals surface area (Å²) in [5, 5.41) is 20.5. The summed E-state index contributed by atoms with van der Waals surface area (Å²) in [6.45, 7) is 1.68. The molecule has 2 saturated heterocycles. The number of rotatable bonds is 9. The number of benzene rings is 4. The third-order valence-electron chi connectivity index (χ3n) is 11.3. The maximum atomic E-state index is 15.4. The van der Waals surface area contributed by atoms with Crippen molar-refractivity contribution in [2.24, 2.45) is 23.7 Å². The molecule has 53 heavy (non-hydrogen) atoms. The van der Waals surface area contributed by atoms with Gasteiger partial charge in [-0.3, -0.25) is 29.5 Å². The van der Waals surface area contributed by atoms with Crippen LogP contribution in [0, 0.1) is 30.6 Å². The Labute approximate surface area is 305 Å². The Morgan fingerprint density at radius 2 is 1.60 bits per heavy atom. The molecule has 6 atom stereocenters. The minimum absolute atomic E-state index is 0.00991. The predicted octanol–water partition coefficient (Wildman–Crippen LogP) is 5.25. The number of hydrogen-bond acceptors (Lipinski definition) is 8. The first-order valence-electron chi connectivity index (χ1n) is 17.7. The number of hydrogen-bond donors (Lipinski definition) is 3. The number of carbonyl (C=O) groups excluding carboxylic acids is 4. The van der Waals surface area contributed by atoms with Crippen molar-refractivity contribution in [3.63, 3.8) is 0 Å². The summed E-state index contributed by atoms with van der Waals surface area (Å²) in [5.74, 6) is -6.57. The Balaban J connectivity index is 1.32. The number of ether oxygens (including phenoxy) is 1. The van der Waals surface area contributed by atoms with Gasteiger partial charge in [0.15, 0.2) is 0 Å². The highest BCUT2D eigenvalue weighted by Crippen LogP contribution is 2.65. The lowest BCUT2D eigenvalue weighted by atomic mass is 9.49. The van der Waals surface area contributed by atoms with Gasteiger partial charge in [0.2, 0.25) is 11.8 Å². The van der Waals surface area contributed by atoms with Crippen LogP contribution in [0.25, 0.3) is 0 Å². The fourth-order valence-corrected chi connectivity index (χ4v) is 9.13. The highest BCUT2D eigenvalue weighted by Gasteiger charge is 2.70. The molecule has 4 amide bonds. The summed E-state index contributed by atoms with van der Waals surface area (Å²) in [7, 11) is 0. The molecule has 4 aliphatic rings. The number of carboxylic acid groups (broad SMARTS) is 1. The quantitative estimate of drug-likeness (QED) is 0.156. The van der Waals surface area contributed by atoms with Gasteiger partial charge >= 0.3 is 5.97 Å². The van der Waals surface area contributed by atoms with E-state index in [1.165, 1.54) is 18.2 Å². The number of aromatic carboxylic acids is 1. The molecular weight excluding hydrogens is 674 g/mol. The molecule has 2 heterocycles. The van der Waals surface area contributed by atoms with Gasteiger partial charge in [-0.1, -0.05) is 83.9 Å². The van der Waals surface area contributed by atoms with E-state index < -0.39 is 64.6 Å². The maximum Gasteiger partial charge on any atom is 0.335 e. The number of imide groups is 2. The van der Waals surface area contributed by atoms with Crippen LogP contribution in [-0.4, -0.2) is 58.0 Å². The molecule has 11 nitrogen and oxygen atoms in total. The highest BCUT2D eigenvalue weighted by atomic mass is 16.5. The van der Waals surface area contributed by atoms with Gasteiger partial charge in [-0.15, -0.1) is 0 Å². The Morgan fingerprint density at radius 3 is 2.34 bits per heavy atom. The minimum Gasteiger partial charge on any atom is -0.491 e. The van der Waals surface area contributed by atoms with Crippen LogP contribution in [-0.2, 0) is 24.6 Å². The zero-order chi connectivity index (χ0) is 37.0. The molecule has 0 bridgehead atoms. The largest absolute Gasteiger partial charge is 0.491 e. The van der Waals surface area contributed by atoms with Crippen molar-refractivity contribution in [2.45, 2.75) is 31.1 Å². The van der Waals surface area contributed by atoms with Crippen LogP contribution in [0.5, 0.6) is 5.75 Å². The number of fused-ring (bicyclic) bond motifs is 4. The molecule has 8 rings (SSSR count). The Morgan fingerprint density at radius 1 is 0.868 bits per heavy atom. The number of aliphatic hydroxyl groups excluding tert-OH is 1. The fraction of sp³-hybridized carbons (Fsp3) is 0.262. The number of para-hydroxylation sites is 1. The normalized spacial score (nSPS) is 26.2. The first-order chi connectivity index (χ1) is 25.7. The number of anilines is 2. The summed E-state index contributed by atoms with van der Waals surface area (Å²) in [6, 6.07) is 29.6. The lowest BCUT2D eigenvalue weighted by Crippen LogP contribution is -2.53. The molecule has 1 saturated carbocycles. The van der Waals surface area contributed by atoms with E-state index in [1.54, 1.807) is 30.3 Å². The molecule has 2 aliphatic heterocycles. The average Bonchev–Trinajstić information content (AvgIpc) is 3.56. The molecule has 268 valence electrons.